The Morgan fingerprint density at radius 3 is 1.00 bits per heavy atom. The molecule has 0 spiro atoms. The molecule has 0 aromatic heterocycles. The van der Waals surface area contributed by atoms with Crippen LogP contribution in [-0.4, -0.2) is 78.4 Å². The van der Waals surface area contributed by atoms with Crippen molar-refractivity contribution in [1.82, 2.24) is 0 Å². The van der Waals surface area contributed by atoms with Gasteiger partial charge in [-0.15, -0.1) is 0 Å². The van der Waals surface area contributed by atoms with Gasteiger partial charge in [0.2, 0.25) is 0 Å². The second-order valence-corrected chi connectivity index (χ2v) is 15.5. The van der Waals surface area contributed by atoms with Crippen molar-refractivity contribution in [3.8, 4) is 0 Å². The second-order valence-electron chi connectivity index (χ2n) is 4.36. The predicted molar refractivity (Wildman–Crippen MR) is 81.1 cm³/mol. The Kier molecular flexibility index (Phi) is 7.06. The maximum Gasteiger partial charge on any atom is 0.665 e. The lowest BCUT2D eigenvalue weighted by molar-refractivity contribution is -0.0388. The molecule has 1 heterocycles. The first-order chi connectivity index (χ1) is 10.2. The standard InChI is InChI=1S/C8H24O10Si4/c1-9-19(7)15-20(8,10-2)17-22(13-5,14-6)18-21(11-3,12-4)16-19/h1-8H3. The van der Waals surface area contributed by atoms with Gasteiger partial charge in [0.15, 0.2) is 0 Å². The number of rotatable bonds is 6. The van der Waals surface area contributed by atoms with Crippen LogP contribution in [0.1, 0.15) is 0 Å². The largest absolute Gasteiger partial charge is 0.665 e. The van der Waals surface area contributed by atoms with Gasteiger partial charge >= 0.3 is 35.7 Å². The van der Waals surface area contributed by atoms with E-state index in [1.807, 2.05) is 0 Å². The van der Waals surface area contributed by atoms with E-state index >= 15 is 0 Å². The monoisotopic (exact) mass is 392 g/mol. The van der Waals surface area contributed by atoms with E-state index in [2.05, 4.69) is 0 Å². The van der Waals surface area contributed by atoms with E-state index in [0.29, 0.717) is 0 Å². The van der Waals surface area contributed by atoms with Crippen molar-refractivity contribution in [3.63, 3.8) is 0 Å². The van der Waals surface area contributed by atoms with Crippen molar-refractivity contribution in [2.45, 2.75) is 13.1 Å². The minimum absolute atomic E-state index is 1.39. The molecule has 1 saturated heterocycles. The normalized spacial score (nSPS) is 34.9. The van der Waals surface area contributed by atoms with Crippen LogP contribution in [0.25, 0.3) is 0 Å². The fraction of sp³-hybridized carbons (Fsp3) is 1.00. The van der Waals surface area contributed by atoms with Crippen molar-refractivity contribution < 1.29 is 43.0 Å². The molecule has 1 aliphatic heterocycles. The Hall–Kier alpha value is 0.468. The minimum Gasteiger partial charge on any atom is -0.378 e. The van der Waals surface area contributed by atoms with Crippen molar-refractivity contribution in [2.75, 3.05) is 42.7 Å². The first-order valence-corrected chi connectivity index (χ1v) is 14.0. The average molecular weight is 393 g/mol. The van der Waals surface area contributed by atoms with Gasteiger partial charge in [-0.3, -0.25) is 0 Å². The number of hydrogen-bond acceptors (Lipinski definition) is 10. The molecule has 14 heteroatoms. The van der Waals surface area contributed by atoms with E-state index in [1.165, 1.54) is 42.7 Å². The topological polar surface area (TPSA) is 92.3 Å². The summed E-state index contributed by atoms with van der Waals surface area (Å²) in [5.41, 5.74) is 0. The maximum atomic E-state index is 5.94. The summed E-state index contributed by atoms with van der Waals surface area (Å²) in [5, 5.41) is 0. The average Bonchev–Trinajstić information content (AvgIpc) is 2.52. The first kappa shape index (κ1) is 20.5. The summed E-state index contributed by atoms with van der Waals surface area (Å²) in [7, 11) is -5.26. The summed E-state index contributed by atoms with van der Waals surface area (Å²) in [4.78, 5) is 0. The summed E-state index contributed by atoms with van der Waals surface area (Å²) >= 11 is 0. The molecule has 0 radical (unpaired) electrons. The highest BCUT2D eigenvalue weighted by molar-refractivity contribution is 6.85. The lowest BCUT2D eigenvalue weighted by Crippen LogP contribution is -2.72. The smallest absolute Gasteiger partial charge is 0.378 e. The van der Waals surface area contributed by atoms with Gasteiger partial charge in [-0.25, -0.2) is 0 Å². The van der Waals surface area contributed by atoms with Crippen LogP contribution in [0.5, 0.6) is 0 Å². The van der Waals surface area contributed by atoms with Gasteiger partial charge in [-0.05, 0) is 0 Å². The van der Waals surface area contributed by atoms with Crippen molar-refractivity contribution in [1.29, 1.82) is 0 Å². The molecule has 0 bridgehead atoms. The fourth-order valence-electron chi connectivity index (χ4n) is 1.69. The fourth-order valence-corrected chi connectivity index (χ4v) is 15.7. The molecule has 1 aliphatic rings. The molecule has 0 amide bonds. The van der Waals surface area contributed by atoms with Crippen LogP contribution in [0, 0.1) is 0 Å². The van der Waals surface area contributed by atoms with Crippen molar-refractivity contribution >= 4 is 35.7 Å². The van der Waals surface area contributed by atoms with Gasteiger partial charge in [-0.1, -0.05) is 0 Å². The van der Waals surface area contributed by atoms with Crippen LogP contribution in [0.4, 0.5) is 0 Å². The Morgan fingerprint density at radius 2 is 0.773 bits per heavy atom. The molecule has 0 saturated carbocycles. The first-order valence-electron chi connectivity index (χ1n) is 6.31. The quantitative estimate of drug-likeness (QED) is 0.573. The van der Waals surface area contributed by atoms with Gasteiger partial charge < -0.3 is 43.0 Å². The molecule has 10 nitrogen and oxygen atoms in total. The molecule has 132 valence electrons. The zero-order chi connectivity index (χ0) is 17.1. The Bertz CT molecular complexity index is 335. The van der Waals surface area contributed by atoms with Crippen molar-refractivity contribution in [2.24, 2.45) is 0 Å². The van der Waals surface area contributed by atoms with E-state index in [4.69, 9.17) is 43.0 Å². The molecule has 1 fully saturated rings. The molecule has 0 N–H and O–H groups in total. The lowest BCUT2D eigenvalue weighted by Gasteiger charge is -2.44. The van der Waals surface area contributed by atoms with Crippen LogP contribution >= 0.6 is 0 Å². The van der Waals surface area contributed by atoms with Crippen LogP contribution in [0.15, 0.2) is 0 Å². The number of hydrogen-bond donors (Lipinski definition) is 0. The van der Waals surface area contributed by atoms with Gasteiger partial charge in [0.05, 0.1) is 0 Å². The van der Waals surface area contributed by atoms with Gasteiger partial charge in [0.1, 0.15) is 0 Å². The van der Waals surface area contributed by atoms with Crippen LogP contribution in [0.2, 0.25) is 13.1 Å². The predicted octanol–water partition coefficient (Wildman–Crippen LogP) is -0.0466. The molecule has 2 atom stereocenters. The summed E-state index contributed by atoms with van der Waals surface area (Å²) in [5.74, 6) is 0. The Labute approximate surface area is 135 Å². The molecule has 0 aromatic carbocycles. The van der Waals surface area contributed by atoms with Crippen molar-refractivity contribution in [3.05, 3.63) is 0 Å². The molecular weight excluding hydrogens is 368 g/mol. The van der Waals surface area contributed by atoms with E-state index in [9.17, 15) is 0 Å². The third-order valence-corrected chi connectivity index (χ3v) is 16.4. The maximum absolute atomic E-state index is 5.94. The van der Waals surface area contributed by atoms with Crippen LogP contribution in [-0.2, 0) is 43.0 Å². The zero-order valence-corrected chi connectivity index (χ0v) is 18.1. The van der Waals surface area contributed by atoms with E-state index in [1.54, 1.807) is 13.1 Å². The van der Waals surface area contributed by atoms with Gasteiger partial charge in [-0.2, -0.15) is 0 Å². The summed E-state index contributed by atoms with van der Waals surface area (Å²) in [6.07, 6.45) is 0. The highest BCUT2D eigenvalue weighted by atomic mass is 28.6. The summed E-state index contributed by atoms with van der Waals surface area (Å²) < 4.78 is 55.7. The molecule has 0 aromatic rings. The Balaban J connectivity index is 3.32. The summed E-state index contributed by atoms with van der Waals surface area (Å²) in [6, 6.07) is 0. The van der Waals surface area contributed by atoms with Gasteiger partial charge in [0.25, 0.3) is 0 Å². The second kappa shape index (κ2) is 7.57. The highest BCUT2D eigenvalue weighted by Gasteiger charge is 2.68. The van der Waals surface area contributed by atoms with E-state index < -0.39 is 35.7 Å². The molecule has 2 unspecified atom stereocenters. The van der Waals surface area contributed by atoms with Crippen LogP contribution < -0.4 is 0 Å². The zero-order valence-electron chi connectivity index (χ0n) is 14.1. The molecule has 0 aliphatic carbocycles. The van der Waals surface area contributed by atoms with E-state index in [-0.39, 0.29) is 0 Å². The molecule has 22 heavy (non-hydrogen) atoms. The van der Waals surface area contributed by atoms with Gasteiger partial charge in [0, 0.05) is 55.8 Å². The highest BCUT2D eigenvalue weighted by Crippen LogP contribution is 2.32. The van der Waals surface area contributed by atoms with E-state index in [0.717, 1.165) is 0 Å². The third-order valence-electron chi connectivity index (χ3n) is 2.98. The lowest BCUT2D eigenvalue weighted by atomic mass is 11.8. The SMILES string of the molecule is CO[Si]1(C)O[Si](C)(OC)O[Si](OC)(OC)O[Si](OC)(OC)O1. The summed E-state index contributed by atoms with van der Waals surface area (Å²) in [6.45, 7) is 3.33. The minimum atomic E-state index is -3.66. The third kappa shape index (κ3) is 4.30. The van der Waals surface area contributed by atoms with Crippen LogP contribution in [0.3, 0.4) is 0 Å². The molecule has 1 rings (SSSR count). The Morgan fingerprint density at radius 1 is 0.455 bits per heavy atom. The molecular formula is C8H24O10Si4.